The number of ether oxygens (including phenoxy) is 2. The van der Waals surface area contributed by atoms with E-state index in [9.17, 15) is 9.18 Å². The predicted molar refractivity (Wildman–Crippen MR) is 77.5 cm³/mol. The summed E-state index contributed by atoms with van der Waals surface area (Å²) in [6.07, 6.45) is 5.58. The SMILES string of the molecule is COC(=O)/C(F)=C/c1ccc2cnn(C3CCCCO3)c2n1. The van der Waals surface area contributed by atoms with Gasteiger partial charge in [-0.3, -0.25) is 0 Å². The van der Waals surface area contributed by atoms with Crippen LogP contribution in [0, 0.1) is 0 Å². The number of pyridine rings is 1. The number of carbonyl (C=O) groups excluding carboxylic acids is 1. The summed E-state index contributed by atoms with van der Waals surface area (Å²) in [5.41, 5.74) is 0.936. The Labute approximate surface area is 126 Å². The van der Waals surface area contributed by atoms with Crippen molar-refractivity contribution in [1.82, 2.24) is 14.8 Å². The number of hydrogen-bond acceptors (Lipinski definition) is 5. The van der Waals surface area contributed by atoms with E-state index < -0.39 is 11.8 Å². The molecule has 1 unspecified atom stereocenters. The third-order valence-electron chi connectivity index (χ3n) is 3.55. The van der Waals surface area contributed by atoms with Crippen LogP contribution in [0.4, 0.5) is 4.39 Å². The van der Waals surface area contributed by atoms with Gasteiger partial charge in [0.05, 0.1) is 19.0 Å². The van der Waals surface area contributed by atoms with Crippen molar-refractivity contribution < 1.29 is 18.7 Å². The first-order valence-corrected chi connectivity index (χ1v) is 7.10. The molecule has 2 aromatic heterocycles. The zero-order chi connectivity index (χ0) is 15.5. The van der Waals surface area contributed by atoms with Crippen molar-refractivity contribution in [3.05, 3.63) is 29.9 Å². The molecule has 0 N–H and O–H groups in total. The van der Waals surface area contributed by atoms with E-state index in [2.05, 4.69) is 14.8 Å². The first-order chi connectivity index (χ1) is 10.7. The van der Waals surface area contributed by atoms with Crippen LogP contribution in [0.15, 0.2) is 24.2 Å². The third kappa shape index (κ3) is 2.85. The smallest absolute Gasteiger partial charge is 0.366 e. The van der Waals surface area contributed by atoms with E-state index in [1.54, 1.807) is 23.0 Å². The minimum Gasteiger partial charge on any atom is -0.464 e. The fourth-order valence-electron chi connectivity index (χ4n) is 2.43. The van der Waals surface area contributed by atoms with Crippen molar-refractivity contribution in [3.63, 3.8) is 0 Å². The van der Waals surface area contributed by atoms with Crippen LogP contribution in [0.25, 0.3) is 17.1 Å². The standard InChI is InChI=1S/C15H16FN3O3/c1-21-15(20)12(16)8-11-6-5-10-9-17-19(14(10)18-11)13-4-2-3-7-22-13/h5-6,8-9,13H,2-4,7H2,1H3/b12-8-. The first-order valence-electron chi connectivity index (χ1n) is 7.10. The Bertz CT molecular complexity index is 720. The average molecular weight is 305 g/mol. The number of fused-ring (bicyclic) bond motifs is 1. The van der Waals surface area contributed by atoms with Crippen LogP contribution in [0.5, 0.6) is 0 Å². The van der Waals surface area contributed by atoms with Gasteiger partial charge in [0.15, 0.2) is 11.9 Å². The maximum Gasteiger partial charge on any atom is 0.366 e. The van der Waals surface area contributed by atoms with Crippen molar-refractivity contribution in [2.45, 2.75) is 25.5 Å². The van der Waals surface area contributed by atoms with Crippen LogP contribution in [0.3, 0.4) is 0 Å². The van der Waals surface area contributed by atoms with E-state index >= 15 is 0 Å². The lowest BCUT2D eigenvalue weighted by Crippen LogP contribution is -2.19. The Hall–Kier alpha value is -2.28. The molecule has 0 aromatic carbocycles. The van der Waals surface area contributed by atoms with Crippen molar-refractivity contribution in [1.29, 1.82) is 0 Å². The Morgan fingerprint density at radius 2 is 2.36 bits per heavy atom. The molecule has 1 aliphatic heterocycles. The Balaban J connectivity index is 1.96. The molecule has 3 rings (SSSR count). The molecular weight excluding hydrogens is 289 g/mol. The largest absolute Gasteiger partial charge is 0.464 e. The molecule has 7 heteroatoms. The summed E-state index contributed by atoms with van der Waals surface area (Å²) in [5, 5.41) is 5.15. The summed E-state index contributed by atoms with van der Waals surface area (Å²) in [6, 6.07) is 3.41. The molecule has 2 aromatic rings. The highest BCUT2D eigenvalue weighted by atomic mass is 19.1. The van der Waals surface area contributed by atoms with Crippen LogP contribution in [-0.2, 0) is 14.3 Å². The number of aromatic nitrogens is 3. The highest BCUT2D eigenvalue weighted by Crippen LogP contribution is 2.25. The number of hydrogen-bond donors (Lipinski definition) is 0. The van der Waals surface area contributed by atoms with Gasteiger partial charge in [-0.25, -0.2) is 14.5 Å². The summed E-state index contributed by atoms with van der Waals surface area (Å²) >= 11 is 0. The number of methoxy groups -OCH3 is 1. The second kappa shape index (κ2) is 6.23. The normalized spacial score (nSPS) is 19.4. The summed E-state index contributed by atoms with van der Waals surface area (Å²) in [6.45, 7) is 0.697. The highest BCUT2D eigenvalue weighted by molar-refractivity contribution is 5.91. The van der Waals surface area contributed by atoms with Crippen LogP contribution in [-0.4, -0.2) is 34.5 Å². The average Bonchev–Trinajstić information content (AvgIpc) is 2.98. The van der Waals surface area contributed by atoms with Gasteiger partial charge in [-0.2, -0.15) is 9.49 Å². The molecule has 6 nitrogen and oxygen atoms in total. The number of nitrogens with zero attached hydrogens (tertiary/aromatic N) is 3. The van der Waals surface area contributed by atoms with Gasteiger partial charge in [0, 0.05) is 18.1 Å². The van der Waals surface area contributed by atoms with Crippen LogP contribution in [0.2, 0.25) is 0 Å². The molecule has 1 fully saturated rings. The fraction of sp³-hybridized carbons (Fsp3) is 0.400. The van der Waals surface area contributed by atoms with Crippen molar-refractivity contribution >= 4 is 23.1 Å². The number of rotatable bonds is 3. The van der Waals surface area contributed by atoms with Crippen LogP contribution < -0.4 is 0 Å². The topological polar surface area (TPSA) is 66.2 Å². The van der Waals surface area contributed by atoms with E-state index in [1.165, 1.54) is 0 Å². The van der Waals surface area contributed by atoms with E-state index in [0.717, 1.165) is 37.8 Å². The molecule has 0 spiro atoms. The highest BCUT2D eigenvalue weighted by Gasteiger charge is 2.19. The minimum atomic E-state index is -1.02. The van der Waals surface area contributed by atoms with E-state index in [0.29, 0.717) is 17.9 Å². The summed E-state index contributed by atoms with van der Waals surface area (Å²) in [5.74, 6) is -2.01. The maximum atomic E-state index is 13.6. The molecule has 0 bridgehead atoms. The van der Waals surface area contributed by atoms with Crippen molar-refractivity contribution in [2.24, 2.45) is 0 Å². The predicted octanol–water partition coefficient (Wildman–Crippen LogP) is 2.61. The van der Waals surface area contributed by atoms with Crippen molar-refractivity contribution in [2.75, 3.05) is 13.7 Å². The van der Waals surface area contributed by atoms with Crippen LogP contribution >= 0.6 is 0 Å². The summed E-state index contributed by atoms with van der Waals surface area (Å²) in [4.78, 5) is 15.5. The Morgan fingerprint density at radius 1 is 1.50 bits per heavy atom. The molecule has 1 saturated heterocycles. The molecule has 0 radical (unpaired) electrons. The van der Waals surface area contributed by atoms with Gasteiger partial charge in [0.1, 0.15) is 0 Å². The molecule has 0 aliphatic carbocycles. The molecular formula is C15H16FN3O3. The van der Waals surface area contributed by atoms with Gasteiger partial charge in [-0.15, -0.1) is 0 Å². The first kappa shape index (κ1) is 14.6. The molecule has 22 heavy (non-hydrogen) atoms. The van der Waals surface area contributed by atoms with Gasteiger partial charge in [-0.1, -0.05) is 0 Å². The Kier molecular flexibility index (Phi) is 4.15. The van der Waals surface area contributed by atoms with E-state index in [1.807, 2.05) is 0 Å². The lowest BCUT2D eigenvalue weighted by molar-refractivity contribution is -0.137. The molecule has 0 amide bonds. The molecule has 0 saturated carbocycles. The molecule has 1 aliphatic rings. The minimum absolute atomic E-state index is 0.150. The molecule has 1 atom stereocenters. The number of halogens is 1. The second-order valence-corrected chi connectivity index (χ2v) is 5.04. The Morgan fingerprint density at radius 3 is 3.09 bits per heavy atom. The van der Waals surface area contributed by atoms with Crippen molar-refractivity contribution in [3.8, 4) is 0 Å². The van der Waals surface area contributed by atoms with E-state index in [-0.39, 0.29) is 6.23 Å². The quantitative estimate of drug-likeness (QED) is 0.644. The monoisotopic (exact) mass is 305 g/mol. The lowest BCUT2D eigenvalue weighted by Gasteiger charge is -2.23. The maximum absolute atomic E-state index is 13.6. The van der Waals surface area contributed by atoms with E-state index in [4.69, 9.17) is 4.74 Å². The number of esters is 1. The van der Waals surface area contributed by atoms with Gasteiger partial charge >= 0.3 is 5.97 Å². The number of carbonyl (C=O) groups is 1. The van der Waals surface area contributed by atoms with Gasteiger partial charge in [0.25, 0.3) is 0 Å². The zero-order valence-electron chi connectivity index (χ0n) is 12.2. The zero-order valence-corrected chi connectivity index (χ0v) is 12.2. The molecule has 3 heterocycles. The van der Waals surface area contributed by atoms with Gasteiger partial charge < -0.3 is 9.47 Å². The summed E-state index contributed by atoms with van der Waals surface area (Å²) < 4.78 is 25.3. The second-order valence-electron chi connectivity index (χ2n) is 5.04. The fourth-order valence-corrected chi connectivity index (χ4v) is 2.43. The van der Waals surface area contributed by atoms with Gasteiger partial charge in [-0.05, 0) is 31.4 Å². The molecule has 116 valence electrons. The van der Waals surface area contributed by atoms with Crippen LogP contribution in [0.1, 0.15) is 31.2 Å². The van der Waals surface area contributed by atoms with Gasteiger partial charge in [0.2, 0.25) is 5.83 Å². The lowest BCUT2D eigenvalue weighted by atomic mass is 10.2. The third-order valence-corrected chi connectivity index (χ3v) is 3.55. The summed E-state index contributed by atoms with van der Waals surface area (Å²) in [7, 11) is 1.13.